The molecule has 0 aromatic carbocycles. The van der Waals surface area contributed by atoms with Crippen LogP contribution in [0.25, 0.3) is 5.52 Å². The maximum Gasteiger partial charge on any atom is 0.0693 e. The van der Waals surface area contributed by atoms with Crippen LogP contribution in [0, 0.1) is 0 Å². The highest BCUT2D eigenvalue weighted by atomic mass is 16.2. The zero-order chi connectivity index (χ0) is 9.10. The molecule has 0 atom stereocenters. The Bertz CT molecular complexity index is 394. The molecular weight excluding hydrogens is 164 g/mol. The van der Waals surface area contributed by atoms with Crippen molar-refractivity contribution >= 4 is 5.52 Å². The Hall–Kier alpha value is -1.35. The maximum atomic E-state index is 8.71. The molecule has 0 bridgehead atoms. The molecule has 0 aliphatic rings. The van der Waals surface area contributed by atoms with Gasteiger partial charge in [0.1, 0.15) is 0 Å². The van der Waals surface area contributed by atoms with E-state index in [9.17, 15) is 0 Å². The number of hydrogen-bond donors (Lipinski definition) is 1. The Morgan fingerprint density at radius 1 is 1.38 bits per heavy atom. The number of aliphatic hydroxyl groups is 1. The number of rotatable bonds is 3. The summed E-state index contributed by atoms with van der Waals surface area (Å²) in [6.45, 7) is 0.240. The van der Waals surface area contributed by atoms with E-state index in [0.29, 0.717) is 0 Å². The fourth-order valence-corrected chi connectivity index (χ4v) is 1.45. The summed E-state index contributed by atoms with van der Waals surface area (Å²) in [5.41, 5.74) is 2.34. The van der Waals surface area contributed by atoms with Crippen molar-refractivity contribution < 1.29 is 5.11 Å². The Labute approximate surface area is 76.6 Å². The molecule has 2 aromatic heterocycles. The zero-order valence-corrected chi connectivity index (χ0v) is 7.35. The lowest BCUT2D eigenvalue weighted by Crippen LogP contribution is -1.89. The van der Waals surface area contributed by atoms with Crippen LogP contribution in [-0.2, 0) is 6.42 Å². The standard InChI is InChI=1S/C10H12N2O/c13-7-3-4-9-8-11-12-6-2-1-5-10(9)12/h1-2,5-6,8,13H,3-4,7H2. The molecule has 0 amide bonds. The lowest BCUT2D eigenvalue weighted by molar-refractivity contribution is 0.289. The molecule has 3 nitrogen and oxygen atoms in total. The molecule has 0 saturated carbocycles. The minimum Gasteiger partial charge on any atom is -0.396 e. The van der Waals surface area contributed by atoms with Crippen LogP contribution in [0.2, 0.25) is 0 Å². The summed E-state index contributed by atoms with van der Waals surface area (Å²) in [6, 6.07) is 6.00. The smallest absolute Gasteiger partial charge is 0.0693 e. The Morgan fingerprint density at radius 2 is 2.31 bits per heavy atom. The van der Waals surface area contributed by atoms with Crippen LogP contribution < -0.4 is 0 Å². The van der Waals surface area contributed by atoms with Gasteiger partial charge in [-0.2, -0.15) is 5.10 Å². The monoisotopic (exact) mass is 176 g/mol. The zero-order valence-electron chi connectivity index (χ0n) is 7.35. The topological polar surface area (TPSA) is 37.5 Å². The van der Waals surface area contributed by atoms with E-state index in [2.05, 4.69) is 5.10 Å². The van der Waals surface area contributed by atoms with Crippen LogP contribution in [0.15, 0.2) is 30.6 Å². The molecule has 0 aliphatic carbocycles. The first-order valence-electron chi connectivity index (χ1n) is 4.44. The van der Waals surface area contributed by atoms with Gasteiger partial charge in [-0.05, 0) is 30.5 Å². The van der Waals surface area contributed by atoms with Crippen LogP contribution in [-0.4, -0.2) is 21.3 Å². The van der Waals surface area contributed by atoms with Gasteiger partial charge >= 0.3 is 0 Å². The molecule has 2 rings (SSSR count). The van der Waals surface area contributed by atoms with Crippen molar-refractivity contribution in [3.8, 4) is 0 Å². The van der Waals surface area contributed by atoms with Crippen molar-refractivity contribution in [1.29, 1.82) is 0 Å². The molecule has 0 spiro atoms. The minimum absolute atomic E-state index is 0.240. The van der Waals surface area contributed by atoms with Crippen molar-refractivity contribution in [1.82, 2.24) is 9.61 Å². The molecule has 0 fully saturated rings. The van der Waals surface area contributed by atoms with Crippen molar-refractivity contribution in [2.45, 2.75) is 12.8 Å². The Balaban J connectivity index is 2.35. The number of aromatic nitrogens is 2. The number of hydrogen-bond acceptors (Lipinski definition) is 2. The van der Waals surface area contributed by atoms with Crippen LogP contribution in [0.3, 0.4) is 0 Å². The normalized spacial score (nSPS) is 10.8. The Morgan fingerprint density at radius 3 is 3.15 bits per heavy atom. The summed E-state index contributed by atoms with van der Waals surface area (Å²) in [7, 11) is 0. The average molecular weight is 176 g/mol. The Kier molecular flexibility index (Phi) is 2.27. The molecule has 1 N–H and O–H groups in total. The van der Waals surface area contributed by atoms with Crippen molar-refractivity contribution in [3.05, 3.63) is 36.2 Å². The predicted octanol–water partition coefficient (Wildman–Crippen LogP) is 1.26. The SMILES string of the molecule is OCCCc1cnn2ccccc12. The summed E-state index contributed by atoms with van der Waals surface area (Å²) in [6.07, 6.45) is 5.49. The number of aryl methyl sites for hydroxylation is 1. The van der Waals surface area contributed by atoms with E-state index in [1.165, 1.54) is 5.56 Å². The highest BCUT2D eigenvalue weighted by Gasteiger charge is 2.01. The van der Waals surface area contributed by atoms with Gasteiger partial charge in [-0.15, -0.1) is 0 Å². The third-order valence-corrected chi connectivity index (χ3v) is 2.11. The lowest BCUT2D eigenvalue weighted by Gasteiger charge is -1.95. The second-order valence-electron chi connectivity index (χ2n) is 3.03. The van der Waals surface area contributed by atoms with Crippen LogP contribution in [0.4, 0.5) is 0 Å². The van der Waals surface area contributed by atoms with E-state index in [-0.39, 0.29) is 6.61 Å². The van der Waals surface area contributed by atoms with Gasteiger partial charge in [-0.1, -0.05) is 6.07 Å². The van der Waals surface area contributed by atoms with E-state index in [1.54, 1.807) is 0 Å². The van der Waals surface area contributed by atoms with Gasteiger partial charge in [0.15, 0.2) is 0 Å². The van der Waals surface area contributed by atoms with E-state index in [4.69, 9.17) is 5.11 Å². The van der Waals surface area contributed by atoms with Gasteiger partial charge in [0.05, 0.1) is 11.7 Å². The van der Waals surface area contributed by atoms with Crippen LogP contribution >= 0.6 is 0 Å². The molecule has 68 valence electrons. The molecule has 0 radical (unpaired) electrons. The van der Waals surface area contributed by atoms with Gasteiger partial charge in [0.25, 0.3) is 0 Å². The number of nitrogens with zero attached hydrogens (tertiary/aromatic N) is 2. The molecular formula is C10H12N2O. The molecule has 2 aromatic rings. The largest absolute Gasteiger partial charge is 0.396 e. The number of pyridine rings is 1. The molecule has 13 heavy (non-hydrogen) atoms. The maximum absolute atomic E-state index is 8.71. The highest BCUT2D eigenvalue weighted by Crippen LogP contribution is 2.11. The fourth-order valence-electron chi connectivity index (χ4n) is 1.45. The lowest BCUT2D eigenvalue weighted by atomic mass is 10.1. The van der Waals surface area contributed by atoms with Crippen molar-refractivity contribution in [2.24, 2.45) is 0 Å². The van der Waals surface area contributed by atoms with Crippen LogP contribution in [0.5, 0.6) is 0 Å². The average Bonchev–Trinajstić information content (AvgIpc) is 2.58. The van der Waals surface area contributed by atoms with E-state index < -0.39 is 0 Å². The van der Waals surface area contributed by atoms with Gasteiger partial charge in [-0.25, -0.2) is 4.52 Å². The molecule has 2 heterocycles. The van der Waals surface area contributed by atoms with Crippen LogP contribution in [0.1, 0.15) is 12.0 Å². The molecule has 0 saturated heterocycles. The molecule has 3 heteroatoms. The third-order valence-electron chi connectivity index (χ3n) is 2.11. The van der Waals surface area contributed by atoms with E-state index >= 15 is 0 Å². The summed E-state index contributed by atoms with van der Waals surface area (Å²) in [5.74, 6) is 0. The number of aliphatic hydroxyl groups excluding tert-OH is 1. The van der Waals surface area contributed by atoms with Gasteiger partial charge in [-0.3, -0.25) is 0 Å². The first-order valence-corrected chi connectivity index (χ1v) is 4.44. The summed E-state index contributed by atoms with van der Waals surface area (Å²) in [5, 5.41) is 12.9. The van der Waals surface area contributed by atoms with Crippen molar-refractivity contribution in [3.63, 3.8) is 0 Å². The highest BCUT2D eigenvalue weighted by molar-refractivity contribution is 5.53. The van der Waals surface area contributed by atoms with E-state index in [1.807, 2.05) is 35.1 Å². The first kappa shape index (κ1) is 8.26. The fraction of sp³-hybridized carbons (Fsp3) is 0.300. The summed E-state index contributed by atoms with van der Waals surface area (Å²) >= 11 is 0. The quantitative estimate of drug-likeness (QED) is 0.764. The summed E-state index contributed by atoms with van der Waals surface area (Å²) < 4.78 is 1.85. The summed E-state index contributed by atoms with van der Waals surface area (Å²) in [4.78, 5) is 0. The van der Waals surface area contributed by atoms with Crippen molar-refractivity contribution in [2.75, 3.05) is 6.61 Å². The second-order valence-corrected chi connectivity index (χ2v) is 3.03. The predicted molar refractivity (Wildman–Crippen MR) is 50.6 cm³/mol. The first-order chi connectivity index (χ1) is 6.42. The van der Waals surface area contributed by atoms with E-state index in [0.717, 1.165) is 18.4 Å². The van der Waals surface area contributed by atoms with Gasteiger partial charge in [0.2, 0.25) is 0 Å². The molecule has 0 aliphatic heterocycles. The minimum atomic E-state index is 0.240. The molecule has 0 unspecified atom stereocenters. The van der Waals surface area contributed by atoms with Gasteiger partial charge < -0.3 is 5.11 Å². The second kappa shape index (κ2) is 3.58. The number of fused-ring (bicyclic) bond motifs is 1. The van der Waals surface area contributed by atoms with Gasteiger partial charge in [0, 0.05) is 12.8 Å². The third kappa shape index (κ3) is 1.55.